The number of nitrogens with zero attached hydrogens (tertiary/aromatic N) is 1. The Balaban J connectivity index is 0.000000470. The molecule has 9 nitrogen and oxygen atoms in total. The van der Waals surface area contributed by atoms with Gasteiger partial charge in [0.05, 0.1) is 24.9 Å². The van der Waals surface area contributed by atoms with Crippen molar-refractivity contribution >= 4 is 17.6 Å². The molecule has 5 rings (SSSR count). The number of rotatable bonds is 6. The molecule has 0 saturated carbocycles. The zero-order valence-corrected chi connectivity index (χ0v) is 21.1. The van der Waals surface area contributed by atoms with Gasteiger partial charge >= 0.3 is 12.1 Å². The predicted octanol–water partition coefficient (Wildman–Crippen LogP) is 5.70. The molecule has 0 spiro atoms. The van der Waals surface area contributed by atoms with Crippen molar-refractivity contribution in [1.82, 2.24) is 10.2 Å². The lowest BCUT2D eigenvalue weighted by Gasteiger charge is -2.25. The number of anilines is 1. The van der Waals surface area contributed by atoms with Crippen molar-refractivity contribution in [3.63, 3.8) is 0 Å². The number of amides is 1. The van der Waals surface area contributed by atoms with E-state index in [4.69, 9.17) is 24.1 Å². The van der Waals surface area contributed by atoms with Gasteiger partial charge in [-0.15, -0.1) is 0 Å². The van der Waals surface area contributed by atoms with E-state index in [1.807, 2.05) is 72.9 Å². The third-order valence-electron chi connectivity index (χ3n) is 5.83. The Bertz CT molecular complexity index is 1460. The number of H-pyrrole nitrogens is 1. The second-order valence-electron chi connectivity index (χ2n) is 8.59. The van der Waals surface area contributed by atoms with Crippen molar-refractivity contribution < 1.29 is 42.1 Å². The molecule has 1 aliphatic heterocycles. The van der Waals surface area contributed by atoms with Gasteiger partial charge in [-0.1, -0.05) is 24.3 Å². The van der Waals surface area contributed by atoms with Gasteiger partial charge in [-0.3, -0.25) is 9.89 Å². The van der Waals surface area contributed by atoms with Gasteiger partial charge in [0.1, 0.15) is 23.9 Å². The molecule has 1 atom stereocenters. The smallest absolute Gasteiger partial charge is 0.490 e. The zero-order chi connectivity index (χ0) is 28.7. The first-order valence-electron chi connectivity index (χ1n) is 11.9. The lowest BCUT2D eigenvalue weighted by atomic mass is 9.95. The summed E-state index contributed by atoms with van der Waals surface area (Å²) < 4.78 is 49.0. The number of carbonyl (C=O) groups excluding carboxylic acids is 1. The van der Waals surface area contributed by atoms with Crippen LogP contribution in [0.5, 0.6) is 23.0 Å². The van der Waals surface area contributed by atoms with Crippen LogP contribution in [0.25, 0.3) is 11.1 Å². The number of nitrogens with one attached hydrogen (secondary N) is 2. The Morgan fingerprint density at radius 3 is 2.45 bits per heavy atom. The van der Waals surface area contributed by atoms with Crippen molar-refractivity contribution in [1.29, 1.82) is 0 Å². The van der Waals surface area contributed by atoms with E-state index in [-0.39, 0.29) is 11.8 Å². The predicted molar refractivity (Wildman–Crippen MR) is 139 cm³/mol. The SMILES string of the molecule is COc1ccc2c(c1)CC(C(=O)Nc1ccc(-c3cn[nH]c3)cc1Oc1ccccc1)CO2.O=C(O)C(F)(F)F. The van der Waals surface area contributed by atoms with Crippen molar-refractivity contribution in [3.05, 3.63) is 84.7 Å². The molecule has 0 fully saturated rings. The van der Waals surface area contributed by atoms with E-state index in [2.05, 4.69) is 15.5 Å². The second kappa shape index (κ2) is 12.2. The second-order valence-corrected chi connectivity index (χ2v) is 8.59. The summed E-state index contributed by atoms with van der Waals surface area (Å²) in [6, 6.07) is 20.8. The van der Waals surface area contributed by atoms with Crippen molar-refractivity contribution in [2.45, 2.75) is 12.6 Å². The molecule has 40 heavy (non-hydrogen) atoms. The molecule has 1 aliphatic rings. The number of hydrogen-bond acceptors (Lipinski definition) is 6. The first-order valence-corrected chi connectivity index (χ1v) is 11.9. The Kier molecular flexibility index (Phi) is 8.57. The van der Waals surface area contributed by atoms with Gasteiger partial charge in [-0.25, -0.2) is 4.79 Å². The highest BCUT2D eigenvalue weighted by atomic mass is 19.4. The maximum Gasteiger partial charge on any atom is 0.490 e. The number of para-hydroxylation sites is 1. The number of carboxylic acids is 1. The largest absolute Gasteiger partial charge is 0.497 e. The fourth-order valence-corrected chi connectivity index (χ4v) is 3.81. The number of carbonyl (C=O) groups is 2. The molecule has 3 N–H and O–H groups in total. The number of ether oxygens (including phenoxy) is 3. The van der Waals surface area contributed by atoms with Gasteiger partial charge in [-0.2, -0.15) is 18.3 Å². The summed E-state index contributed by atoms with van der Waals surface area (Å²) >= 11 is 0. The Morgan fingerprint density at radius 1 is 1.05 bits per heavy atom. The van der Waals surface area contributed by atoms with Crippen LogP contribution >= 0.6 is 0 Å². The molecule has 12 heteroatoms. The highest BCUT2D eigenvalue weighted by Gasteiger charge is 2.38. The summed E-state index contributed by atoms with van der Waals surface area (Å²) in [5.41, 5.74) is 3.40. The third kappa shape index (κ3) is 7.10. The fraction of sp³-hybridized carbons (Fsp3) is 0.179. The molecule has 1 aromatic heterocycles. The van der Waals surface area contributed by atoms with E-state index in [1.165, 1.54) is 0 Å². The topological polar surface area (TPSA) is 123 Å². The molecule has 2 heterocycles. The number of hydrogen-bond donors (Lipinski definition) is 3. The number of halogens is 3. The summed E-state index contributed by atoms with van der Waals surface area (Å²) in [7, 11) is 1.62. The van der Waals surface area contributed by atoms with Gasteiger partial charge in [0, 0.05) is 11.8 Å². The molecule has 1 unspecified atom stereocenters. The van der Waals surface area contributed by atoms with Crippen molar-refractivity contribution in [3.8, 4) is 34.1 Å². The van der Waals surface area contributed by atoms with Crippen LogP contribution in [0.15, 0.2) is 79.1 Å². The minimum Gasteiger partial charge on any atom is -0.497 e. The summed E-state index contributed by atoms with van der Waals surface area (Å²) in [4.78, 5) is 22.1. The van der Waals surface area contributed by atoms with Crippen LogP contribution in [0.3, 0.4) is 0 Å². The van der Waals surface area contributed by atoms with E-state index >= 15 is 0 Å². The summed E-state index contributed by atoms with van der Waals surface area (Å²) in [6.07, 6.45) is -0.962. The van der Waals surface area contributed by atoms with Gasteiger partial charge < -0.3 is 24.6 Å². The average Bonchev–Trinajstić information content (AvgIpc) is 3.49. The van der Waals surface area contributed by atoms with Crippen molar-refractivity contribution in [2.24, 2.45) is 5.92 Å². The number of carboxylic acid groups (broad SMARTS) is 1. The minimum absolute atomic E-state index is 0.127. The highest BCUT2D eigenvalue weighted by molar-refractivity contribution is 5.95. The van der Waals surface area contributed by atoms with Crippen LogP contribution in [0.1, 0.15) is 5.56 Å². The molecule has 0 saturated heterocycles. The van der Waals surface area contributed by atoms with E-state index in [0.29, 0.717) is 30.2 Å². The number of benzene rings is 3. The number of aliphatic carboxylic acids is 1. The normalized spacial score (nSPS) is 14.1. The number of methoxy groups -OCH3 is 1. The zero-order valence-electron chi connectivity index (χ0n) is 21.1. The quantitative estimate of drug-likeness (QED) is 0.279. The first kappa shape index (κ1) is 28.0. The van der Waals surface area contributed by atoms with Crippen LogP contribution in [0, 0.1) is 5.92 Å². The lowest BCUT2D eigenvalue weighted by molar-refractivity contribution is -0.192. The van der Waals surface area contributed by atoms with Crippen LogP contribution in [0.4, 0.5) is 18.9 Å². The summed E-state index contributed by atoms with van der Waals surface area (Å²) in [5.74, 6) is -0.455. The number of alkyl halides is 3. The lowest BCUT2D eigenvalue weighted by Crippen LogP contribution is -2.32. The first-order chi connectivity index (χ1) is 19.1. The number of fused-ring (bicyclic) bond motifs is 1. The fourth-order valence-electron chi connectivity index (χ4n) is 3.81. The summed E-state index contributed by atoms with van der Waals surface area (Å²) in [6.45, 7) is 0.313. The highest BCUT2D eigenvalue weighted by Crippen LogP contribution is 2.35. The maximum atomic E-state index is 13.2. The monoisotopic (exact) mass is 555 g/mol. The molecular weight excluding hydrogens is 531 g/mol. The minimum atomic E-state index is -5.08. The van der Waals surface area contributed by atoms with Crippen LogP contribution in [-0.4, -0.2) is 47.1 Å². The molecule has 0 aliphatic carbocycles. The third-order valence-corrected chi connectivity index (χ3v) is 5.83. The molecule has 208 valence electrons. The Morgan fingerprint density at radius 2 is 1.80 bits per heavy atom. The molecule has 1 amide bonds. The number of aromatic nitrogens is 2. The Labute approximate surface area is 226 Å². The molecule has 4 aromatic rings. The van der Waals surface area contributed by atoms with Crippen LogP contribution < -0.4 is 19.5 Å². The van der Waals surface area contributed by atoms with Gasteiger partial charge in [0.15, 0.2) is 5.75 Å². The van der Waals surface area contributed by atoms with Gasteiger partial charge in [0.2, 0.25) is 5.91 Å². The van der Waals surface area contributed by atoms with Gasteiger partial charge in [0.25, 0.3) is 0 Å². The Hall–Kier alpha value is -5.00. The van der Waals surface area contributed by atoms with E-state index in [9.17, 15) is 18.0 Å². The van der Waals surface area contributed by atoms with Gasteiger partial charge in [-0.05, 0) is 60.0 Å². The maximum absolute atomic E-state index is 13.2. The summed E-state index contributed by atoms with van der Waals surface area (Å²) in [5, 5.41) is 17.0. The van der Waals surface area contributed by atoms with Crippen LogP contribution in [-0.2, 0) is 16.0 Å². The standard InChI is InChI=1S/C26H23N3O4.C2HF3O2/c1-31-22-8-10-24-18(12-22)11-19(16-32-24)26(30)29-23-9-7-17(20-14-27-28-15-20)13-25(23)33-21-5-3-2-4-6-21;3-2(4,5)1(6)7/h2-10,12-15,19H,11,16H2,1H3,(H,27,28)(H,29,30);(H,6,7). The molecular formula is C28H24F3N3O6. The number of aromatic amines is 1. The van der Waals surface area contributed by atoms with Crippen molar-refractivity contribution in [2.75, 3.05) is 19.0 Å². The van der Waals surface area contributed by atoms with Crippen LogP contribution in [0.2, 0.25) is 0 Å². The van der Waals surface area contributed by atoms with E-state index in [0.717, 1.165) is 28.2 Å². The van der Waals surface area contributed by atoms with E-state index in [1.54, 1.807) is 13.3 Å². The molecule has 3 aromatic carbocycles. The molecule has 0 radical (unpaired) electrons. The average molecular weight is 556 g/mol. The molecule has 0 bridgehead atoms. The van der Waals surface area contributed by atoms with E-state index < -0.39 is 12.1 Å².